The van der Waals surface area contributed by atoms with Gasteiger partial charge in [0.2, 0.25) is 11.8 Å². The lowest BCUT2D eigenvalue weighted by atomic mass is 10.1. The first-order valence-corrected chi connectivity index (χ1v) is 12.0. The molecule has 0 spiro atoms. The topological polar surface area (TPSA) is 99.8 Å². The molecule has 0 aliphatic rings. The van der Waals surface area contributed by atoms with Crippen LogP contribution in [0.15, 0.2) is 72.9 Å². The smallest absolute Gasteiger partial charge is 0.261 e. The van der Waals surface area contributed by atoms with Crippen molar-refractivity contribution < 1.29 is 9.53 Å². The lowest BCUT2D eigenvalue weighted by Gasteiger charge is -2.10. The van der Waals surface area contributed by atoms with E-state index in [0.29, 0.717) is 35.5 Å². The molecule has 9 nitrogen and oxygen atoms in total. The van der Waals surface area contributed by atoms with Crippen molar-refractivity contribution in [2.24, 2.45) is 0 Å². The van der Waals surface area contributed by atoms with Crippen LogP contribution < -0.4 is 10.1 Å². The number of hydrogen-bond acceptors (Lipinski definition) is 6. The van der Waals surface area contributed by atoms with Crippen molar-refractivity contribution in [1.29, 1.82) is 0 Å². The number of aromatic nitrogens is 6. The van der Waals surface area contributed by atoms with Crippen molar-refractivity contribution in [2.75, 3.05) is 11.9 Å². The fraction of sp³-hybridized carbons (Fsp3) is 0.222. The fourth-order valence-electron chi connectivity index (χ4n) is 4.17. The Morgan fingerprint density at radius 1 is 1.00 bits per heavy atom. The van der Waals surface area contributed by atoms with Gasteiger partial charge < -0.3 is 9.30 Å². The van der Waals surface area contributed by atoms with Crippen LogP contribution in [-0.4, -0.2) is 42.0 Å². The van der Waals surface area contributed by atoms with Gasteiger partial charge in [0.25, 0.3) is 5.91 Å². The fourth-order valence-corrected chi connectivity index (χ4v) is 4.17. The van der Waals surface area contributed by atoms with Gasteiger partial charge in [-0.2, -0.15) is 5.10 Å². The van der Waals surface area contributed by atoms with Crippen LogP contribution in [-0.2, 0) is 13.0 Å². The van der Waals surface area contributed by atoms with Crippen molar-refractivity contribution in [3.63, 3.8) is 0 Å². The van der Waals surface area contributed by atoms with E-state index in [-0.39, 0.29) is 5.91 Å². The number of fused-ring (bicyclic) bond motifs is 1. The predicted molar refractivity (Wildman–Crippen MR) is 138 cm³/mol. The van der Waals surface area contributed by atoms with Gasteiger partial charge in [-0.25, -0.2) is 9.67 Å². The van der Waals surface area contributed by atoms with E-state index in [1.54, 1.807) is 16.8 Å². The molecule has 182 valence electrons. The maximum atomic E-state index is 13.3. The number of carbonyl (C=O) groups is 1. The van der Waals surface area contributed by atoms with Crippen LogP contribution in [0, 0.1) is 6.92 Å². The van der Waals surface area contributed by atoms with E-state index >= 15 is 0 Å². The van der Waals surface area contributed by atoms with Gasteiger partial charge in [-0.1, -0.05) is 42.5 Å². The third kappa shape index (κ3) is 4.81. The molecule has 5 rings (SSSR count). The molecular weight excluding hydrogens is 454 g/mol. The molecule has 0 saturated heterocycles. The summed E-state index contributed by atoms with van der Waals surface area (Å²) in [4.78, 5) is 18.0. The summed E-state index contributed by atoms with van der Waals surface area (Å²) in [6.07, 6.45) is 3.39. The van der Waals surface area contributed by atoms with E-state index in [1.165, 1.54) is 11.8 Å². The first-order chi connectivity index (χ1) is 17.6. The third-order valence-electron chi connectivity index (χ3n) is 5.96. The highest BCUT2D eigenvalue weighted by molar-refractivity contribution is 6.04. The molecular formula is C27H27N7O2. The maximum absolute atomic E-state index is 13.3. The molecule has 9 heteroatoms. The average Bonchev–Trinajstić information content (AvgIpc) is 3.45. The van der Waals surface area contributed by atoms with Gasteiger partial charge in [-0.05, 0) is 50.5 Å². The molecule has 0 bridgehead atoms. The van der Waals surface area contributed by atoms with E-state index in [9.17, 15) is 4.79 Å². The molecule has 1 amide bonds. The van der Waals surface area contributed by atoms with Crippen LogP contribution in [0.1, 0.15) is 35.0 Å². The van der Waals surface area contributed by atoms with Crippen molar-refractivity contribution in [1.82, 2.24) is 29.5 Å². The van der Waals surface area contributed by atoms with E-state index < -0.39 is 0 Å². The van der Waals surface area contributed by atoms with Gasteiger partial charge in [0.15, 0.2) is 5.82 Å². The lowest BCUT2D eigenvalue weighted by Crippen LogP contribution is -2.17. The first-order valence-electron chi connectivity index (χ1n) is 12.0. The van der Waals surface area contributed by atoms with Crippen LogP contribution in [0.2, 0.25) is 0 Å². The number of benzene rings is 2. The second kappa shape index (κ2) is 10.4. The van der Waals surface area contributed by atoms with Crippen LogP contribution >= 0.6 is 0 Å². The second-order valence-electron chi connectivity index (χ2n) is 8.34. The molecule has 5 aromatic rings. The Hall–Kier alpha value is -4.53. The largest absolute Gasteiger partial charge is 0.477 e. The zero-order valence-corrected chi connectivity index (χ0v) is 20.3. The minimum atomic E-state index is -0.280. The summed E-state index contributed by atoms with van der Waals surface area (Å²) in [6.45, 7) is 4.94. The minimum Gasteiger partial charge on any atom is -0.477 e. The summed E-state index contributed by atoms with van der Waals surface area (Å²) >= 11 is 0. The number of amides is 1. The third-order valence-corrected chi connectivity index (χ3v) is 5.96. The van der Waals surface area contributed by atoms with Gasteiger partial charge in [0.05, 0.1) is 35.1 Å². The number of imidazole rings is 1. The normalized spacial score (nSPS) is 11.1. The second-order valence-corrected chi connectivity index (χ2v) is 8.34. The first kappa shape index (κ1) is 23.2. The number of nitrogens with one attached hydrogen (secondary N) is 1. The number of nitrogens with zero attached hydrogens (tertiary/aromatic N) is 6. The summed E-state index contributed by atoms with van der Waals surface area (Å²) in [5.74, 6) is 1.18. The Morgan fingerprint density at radius 2 is 1.81 bits per heavy atom. The van der Waals surface area contributed by atoms with Crippen LogP contribution in [0.3, 0.4) is 0 Å². The van der Waals surface area contributed by atoms with Crippen LogP contribution in [0.4, 0.5) is 5.95 Å². The van der Waals surface area contributed by atoms with Gasteiger partial charge >= 0.3 is 0 Å². The Kier molecular flexibility index (Phi) is 6.70. The molecule has 0 unspecified atom stereocenters. The van der Waals surface area contributed by atoms with Crippen LogP contribution in [0.25, 0.3) is 16.9 Å². The number of hydrogen-bond donors (Lipinski definition) is 1. The van der Waals surface area contributed by atoms with Gasteiger partial charge in [0.1, 0.15) is 0 Å². The quantitative estimate of drug-likeness (QED) is 0.330. The standard InChI is InChI=1S/C27H27N7O2/c1-3-36-25-16-15-24(31-32-25)34-19(2)21(18-28-34)26(35)30-27-29-22-13-7-8-14-23(22)33(27)17-9-12-20-10-5-4-6-11-20/h4-8,10-11,13-16,18H,3,9,12,17H2,1-2H3,(H,29,30,35). The zero-order valence-electron chi connectivity index (χ0n) is 20.3. The molecule has 1 N–H and O–H groups in total. The van der Waals surface area contributed by atoms with Crippen molar-refractivity contribution in [2.45, 2.75) is 33.2 Å². The summed E-state index contributed by atoms with van der Waals surface area (Å²) in [7, 11) is 0. The minimum absolute atomic E-state index is 0.280. The lowest BCUT2D eigenvalue weighted by molar-refractivity contribution is 0.102. The van der Waals surface area contributed by atoms with Crippen molar-refractivity contribution in [3.8, 4) is 11.7 Å². The van der Waals surface area contributed by atoms with Crippen molar-refractivity contribution in [3.05, 3.63) is 89.7 Å². The van der Waals surface area contributed by atoms with E-state index in [1.807, 2.05) is 44.2 Å². The Labute approximate surface area is 208 Å². The molecule has 0 radical (unpaired) electrons. The SMILES string of the molecule is CCOc1ccc(-n2ncc(C(=O)Nc3nc4ccccc4n3CCCc3ccccc3)c2C)nn1. The molecule has 0 fully saturated rings. The number of aryl methyl sites for hydroxylation is 2. The molecule has 3 aromatic heterocycles. The predicted octanol–water partition coefficient (Wildman–Crippen LogP) is 4.60. The molecule has 0 aliphatic heterocycles. The van der Waals surface area contributed by atoms with Gasteiger partial charge in [-0.15, -0.1) is 10.2 Å². The van der Waals surface area contributed by atoms with E-state index in [4.69, 9.17) is 9.72 Å². The Bertz CT molecular complexity index is 1470. The highest BCUT2D eigenvalue weighted by Gasteiger charge is 2.19. The maximum Gasteiger partial charge on any atom is 0.261 e. The highest BCUT2D eigenvalue weighted by Crippen LogP contribution is 2.22. The van der Waals surface area contributed by atoms with E-state index in [0.717, 1.165) is 30.4 Å². The Balaban J connectivity index is 1.36. The molecule has 2 aromatic carbocycles. The molecule has 0 atom stereocenters. The molecule has 36 heavy (non-hydrogen) atoms. The summed E-state index contributed by atoms with van der Waals surface area (Å²) in [6, 6.07) is 21.8. The average molecular weight is 482 g/mol. The Morgan fingerprint density at radius 3 is 2.58 bits per heavy atom. The number of carbonyl (C=O) groups excluding carboxylic acids is 1. The highest BCUT2D eigenvalue weighted by atomic mass is 16.5. The number of rotatable bonds is 9. The van der Waals surface area contributed by atoms with Crippen LogP contribution in [0.5, 0.6) is 5.88 Å². The number of ether oxygens (including phenoxy) is 1. The number of para-hydroxylation sites is 2. The van der Waals surface area contributed by atoms with Crippen molar-refractivity contribution >= 4 is 22.9 Å². The summed E-state index contributed by atoms with van der Waals surface area (Å²) in [5.41, 5.74) is 4.20. The molecule has 0 saturated carbocycles. The van der Waals surface area contributed by atoms with E-state index in [2.05, 4.69) is 49.4 Å². The van der Waals surface area contributed by atoms with Gasteiger partial charge in [-0.3, -0.25) is 10.1 Å². The molecule has 0 aliphatic carbocycles. The monoisotopic (exact) mass is 481 g/mol. The molecule has 3 heterocycles. The zero-order chi connectivity index (χ0) is 24.9. The number of anilines is 1. The van der Waals surface area contributed by atoms with Gasteiger partial charge in [0, 0.05) is 12.6 Å². The summed E-state index contributed by atoms with van der Waals surface area (Å²) < 4.78 is 9.00. The summed E-state index contributed by atoms with van der Waals surface area (Å²) in [5, 5.41) is 15.6.